The topological polar surface area (TPSA) is 85.1 Å². The lowest BCUT2D eigenvalue weighted by Crippen LogP contribution is -2.14. The van der Waals surface area contributed by atoms with Crippen LogP contribution in [0.1, 0.15) is 15.9 Å². The molecule has 3 N–H and O–H groups in total. The maximum absolute atomic E-state index is 11.9. The average Bonchev–Trinajstić information content (AvgIpc) is 2.41. The van der Waals surface area contributed by atoms with Crippen LogP contribution in [-0.2, 0) is 11.2 Å². The van der Waals surface area contributed by atoms with E-state index in [2.05, 4.69) is 10.3 Å². The van der Waals surface area contributed by atoms with Crippen LogP contribution in [0.25, 0.3) is 0 Å². The van der Waals surface area contributed by atoms with Gasteiger partial charge in [-0.15, -0.1) is 0 Å². The van der Waals surface area contributed by atoms with E-state index < -0.39 is 0 Å². The second-order valence-corrected chi connectivity index (χ2v) is 4.03. The summed E-state index contributed by atoms with van der Waals surface area (Å²) < 4.78 is 0. The molecule has 0 aliphatic carbocycles. The van der Waals surface area contributed by atoms with Crippen molar-refractivity contribution in [2.24, 2.45) is 5.73 Å². The molecule has 0 radical (unpaired) electrons. The first kappa shape index (κ1) is 12.8. The van der Waals surface area contributed by atoms with E-state index in [1.165, 1.54) is 0 Å². The standard InChI is InChI=1S/C14H13N3O2/c15-13(18)9-10-1-3-12(4-2-10)17-14(19)11-5-7-16-8-6-11/h1-8H,9H2,(H2,15,18)(H,17,19). The Bertz CT molecular complexity index is 579. The third-order valence-corrected chi connectivity index (χ3v) is 2.53. The number of hydrogen-bond donors (Lipinski definition) is 2. The number of hydrogen-bond acceptors (Lipinski definition) is 3. The fraction of sp³-hybridized carbons (Fsp3) is 0.0714. The molecule has 0 aliphatic rings. The van der Waals surface area contributed by atoms with Gasteiger partial charge in [0.2, 0.25) is 5.91 Å². The van der Waals surface area contributed by atoms with Crippen LogP contribution in [0, 0.1) is 0 Å². The minimum atomic E-state index is -0.381. The molecule has 0 saturated heterocycles. The maximum Gasteiger partial charge on any atom is 0.255 e. The number of primary amides is 1. The predicted octanol–water partition coefficient (Wildman–Crippen LogP) is 1.36. The van der Waals surface area contributed by atoms with E-state index in [9.17, 15) is 9.59 Å². The Kier molecular flexibility index (Phi) is 3.87. The number of nitrogens with one attached hydrogen (secondary N) is 1. The number of nitrogens with zero attached hydrogens (tertiary/aromatic N) is 1. The summed E-state index contributed by atoms with van der Waals surface area (Å²) >= 11 is 0. The van der Waals surface area contributed by atoms with Gasteiger partial charge < -0.3 is 11.1 Å². The van der Waals surface area contributed by atoms with Gasteiger partial charge in [0.25, 0.3) is 5.91 Å². The van der Waals surface area contributed by atoms with Crippen molar-refractivity contribution < 1.29 is 9.59 Å². The van der Waals surface area contributed by atoms with E-state index in [1.807, 2.05) is 0 Å². The van der Waals surface area contributed by atoms with E-state index in [0.717, 1.165) is 5.56 Å². The minimum absolute atomic E-state index is 0.193. The molecule has 19 heavy (non-hydrogen) atoms. The second-order valence-electron chi connectivity index (χ2n) is 4.03. The van der Waals surface area contributed by atoms with Gasteiger partial charge >= 0.3 is 0 Å². The molecule has 2 aromatic rings. The molecule has 0 bridgehead atoms. The molecule has 0 fully saturated rings. The fourth-order valence-corrected chi connectivity index (χ4v) is 1.61. The van der Waals surface area contributed by atoms with Crippen molar-refractivity contribution in [3.05, 3.63) is 59.9 Å². The van der Waals surface area contributed by atoms with Crippen molar-refractivity contribution in [1.29, 1.82) is 0 Å². The summed E-state index contributed by atoms with van der Waals surface area (Å²) in [5.41, 5.74) is 7.12. The summed E-state index contributed by atoms with van der Waals surface area (Å²) in [4.78, 5) is 26.5. The van der Waals surface area contributed by atoms with Crippen molar-refractivity contribution in [3.8, 4) is 0 Å². The zero-order chi connectivity index (χ0) is 13.7. The van der Waals surface area contributed by atoms with Gasteiger partial charge in [-0.05, 0) is 29.8 Å². The van der Waals surface area contributed by atoms with E-state index in [-0.39, 0.29) is 18.2 Å². The van der Waals surface area contributed by atoms with Gasteiger partial charge in [-0.2, -0.15) is 0 Å². The number of nitrogens with two attached hydrogens (primary N) is 1. The molecule has 1 aromatic carbocycles. The first-order chi connectivity index (χ1) is 9.15. The number of amides is 2. The fourth-order valence-electron chi connectivity index (χ4n) is 1.61. The quantitative estimate of drug-likeness (QED) is 0.865. The summed E-state index contributed by atoms with van der Waals surface area (Å²) in [6.45, 7) is 0. The molecule has 1 heterocycles. The number of aromatic nitrogens is 1. The third kappa shape index (κ3) is 3.64. The molecule has 0 unspecified atom stereocenters. The Labute approximate surface area is 110 Å². The van der Waals surface area contributed by atoms with E-state index in [4.69, 9.17) is 5.73 Å². The van der Waals surface area contributed by atoms with Crippen LogP contribution < -0.4 is 11.1 Å². The molecule has 2 rings (SSSR count). The normalized spacial score (nSPS) is 9.89. The maximum atomic E-state index is 11.9. The second kappa shape index (κ2) is 5.77. The van der Waals surface area contributed by atoms with Crippen LogP contribution in [0.5, 0.6) is 0 Å². The van der Waals surface area contributed by atoms with Crippen LogP contribution in [0.3, 0.4) is 0 Å². The summed E-state index contributed by atoms with van der Waals surface area (Å²) in [7, 11) is 0. The zero-order valence-corrected chi connectivity index (χ0v) is 10.2. The lowest BCUT2D eigenvalue weighted by Gasteiger charge is -2.05. The molecule has 96 valence electrons. The van der Waals surface area contributed by atoms with Gasteiger partial charge in [0, 0.05) is 23.6 Å². The molecule has 0 saturated carbocycles. The first-order valence-corrected chi connectivity index (χ1v) is 5.74. The smallest absolute Gasteiger partial charge is 0.255 e. The van der Waals surface area contributed by atoms with Crippen molar-refractivity contribution in [1.82, 2.24) is 4.98 Å². The molecule has 0 spiro atoms. The highest BCUT2D eigenvalue weighted by atomic mass is 16.2. The number of carbonyl (C=O) groups is 2. The van der Waals surface area contributed by atoms with Crippen LogP contribution in [-0.4, -0.2) is 16.8 Å². The van der Waals surface area contributed by atoms with Gasteiger partial charge in [-0.25, -0.2) is 0 Å². The van der Waals surface area contributed by atoms with Gasteiger partial charge in [-0.3, -0.25) is 14.6 Å². The molecule has 0 atom stereocenters. The molecule has 0 aliphatic heterocycles. The molecule has 1 aromatic heterocycles. The Morgan fingerprint density at radius 2 is 1.68 bits per heavy atom. The Hall–Kier alpha value is -2.69. The monoisotopic (exact) mass is 255 g/mol. The summed E-state index contributed by atoms with van der Waals surface area (Å²) in [5, 5.41) is 2.76. The Balaban J connectivity index is 2.04. The summed E-state index contributed by atoms with van der Waals surface area (Å²) in [6, 6.07) is 10.3. The number of benzene rings is 1. The van der Waals surface area contributed by atoms with Gasteiger partial charge in [0.15, 0.2) is 0 Å². The summed E-state index contributed by atoms with van der Waals surface area (Å²) in [6.07, 6.45) is 3.31. The van der Waals surface area contributed by atoms with Crippen molar-refractivity contribution in [3.63, 3.8) is 0 Å². The number of anilines is 1. The average molecular weight is 255 g/mol. The molecule has 5 nitrogen and oxygen atoms in total. The van der Waals surface area contributed by atoms with E-state index >= 15 is 0 Å². The highest BCUT2D eigenvalue weighted by Crippen LogP contribution is 2.11. The van der Waals surface area contributed by atoms with Crippen molar-refractivity contribution in [2.45, 2.75) is 6.42 Å². The van der Waals surface area contributed by atoms with Gasteiger partial charge in [-0.1, -0.05) is 12.1 Å². The largest absolute Gasteiger partial charge is 0.369 e. The SMILES string of the molecule is NC(=O)Cc1ccc(NC(=O)c2ccncc2)cc1. The van der Waals surface area contributed by atoms with E-state index in [0.29, 0.717) is 11.3 Å². The highest BCUT2D eigenvalue weighted by molar-refractivity contribution is 6.04. The number of carbonyl (C=O) groups excluding carboxylic acids is 2. The minimum Gasteiger partial charge on any atom is -0.369 e. The van der Waals surface area contributed by atoms with Crippen LogP contribution in [0.4, 0.5) is 5.69 Å². The van der Waals surface area contributed by atoms with Crippen LogP contribution >= 0.6 is 0 Å². The van der Waals surface area contributed by atoms with Crippen LogP contribution in [0.2, 0.25) is 0 Å². The molecule has 5 heteroatoms. The van der Waals surface area contributed by atoms with E-state index in [1.54, 1.807) is 48.8 Å². The molecule has 2 amide bonds. The van der Waals surface area contributed by atoms with Gasteiger partial charge in [0.05, 0.1) is 6.42 Å². The molecular formula is C14H13N3O2. The number of rotatable bonds is 4. The first-order valence-electron chi connectivity index (χ1n) is 5.74. The summed E-state index contributed by atoms with van der Waals surface area (Å²) in [5.74, 6) is -0.585. The highest BCUT2D eigenvalue weighted by Gasteiger charge is 2.05. The van der Waals surface area contributed by atoms with Crippen molar-refractivity contribution >= 4 is 17.5 Å². The Morgan fingerprint density at radius 3 is 2.26 bits per heavy atom. The van der Waals surface area contributed by atoms with Crippen LogP contribution in [0.15, 0.2) is 48.8 Å². The number of pyridine rings is 1. The van der Waals surface area contributed by atoms with Gasteiger partial charge in [0.1, 0.15) is 0 Å². The lowest BCUT2D eigenvalue weighted by molar-refractivity contribution is -0.117. The Morgan fingerprint density at radius 1 is 1.05 bits per heavy atom. The van der Waals surface area contributed by atoms with Crippen molar-refractivity contribution in [2.75, 3.05) is 5.32 Å². The predicted molar refractivity (Wildman–Crippen MR) is 71.5 cm³/mol. The zero-order valence-electron chi connectivity index (χ0n) is 10.2. The lowest BCUT2D eigenvalue weighted by atomic mass is 10.1. The third-order valence-electron chi connectivity index (χ3n) is 2.53. The molecular weight excluding hydrogens is 242 g/mol.